The van der Waals surface area contributed by atoms with E-state index >= 15 is 0 Å². The molecule has 0 fully saturated rings. The minimum absolute atomic E-state index is 0.0423. The molecule has 0 aliphatic carbocycles. The van der Waals surface area contributed by atoms with Crippen LogP contribution in [-0.2, 0) is 0 Å². The van der Waals surface area contributed by atoms with Gasteiger partial charge in [-0.2, -0.15) is 11.3 Å². The van der Waals surface area contributed by atoms with Crippen LogP contribution in [0.3, 0.4) is 0 Å². The fourth-order valence-corrected chi connectivity index (χ4v) is 1.59. The Morgan fingerprint density at radius 2 is 2.29 bits per heavy atom. The van der Waals surface area contributed by atoms with Crippen LogP contribution in [0.4, 0.5) is 0 Å². The highest BCUT2D eigenvalue weighted by molar-refractivity contribution is 7.08. The van der Waals surface area contributed by atoms with Gasteiger partial charge in [-0.1, -0.05) is 0 Å². The lowest BCUT2D eigenvalue weighted by atomic mass is 10.0. The van der Waals surface area contributed by atoms with E-state index in [1.807, 2.05) is 24.6 Å². The lowest BCUT2D eigenvalue weighted by Gasteiger charge is -2.33. The molecule has 1 aromatic heterocycles. The van der Waals surface area contributed by atoms with Crippen molar-refractivity contribution in [2.24, 2.45) is 0 Å². The number of thiophene rings is 1. The molecular weight excluding hydrogens is 198 g/mol. The van der Waals surface area contributed by atoms with E-state index in [1.165, 1.54) is 11.3 Å². The molecule has 0 radical (unpaired) electrons. The molecule has 1 rings (SSSR count). The zero-order chi connectivity index (χ0) is 10.8. The highest BCUT2D eigenvalue weighted by Crippen LogP contribution is 2.16. The van der Waals surface area contributed by atoms with Crippen molar-refractivity contribution >= 4 is 17.2 Å². The molecule has 0 saturated heterocycles. The van der Waals surface area contributed by atoms with Gasteiger partial charge in [-0.15, -0.1) is 0 Å². The molecule has 0 aliphatic rings. The fraction of sp³-hybridized carbons (Fsp3) is 0.500. The Balaban J connectivity index is 2.81. The number of hydrogen-bond acceptors (Lipinski definition) is 3. The fourth-order valence-electron chi connectivity index (χ4n) is 0.961. The first kappa shape index (κ1) is 11.2. The summed E-state index contributed by atoms with van der Waals surface area (Å²) in [6, 6.07) is 1.79. The molecule has 0 spiro atoms. The Labute approximate surface area is 88.0 Å². The van der Waals surface area contributed by atoms with Gasteiger partial charge in [-0.25, -0.2) is 0 Å². The SMILES string of the molecule is CN(C(=O)c1ccsc1)C(C)(C)CO. The number of likely N-dealkylation sites (N-methyl/N-ethyl adjacent to an activating group) is 1. The summed E-state index contributed by atoms with van der Waals surface area (Å²) in [4.78, 5) is 13.4. The molecule has 3 nitrogen and oxygen atoms in total. The number of hydrogen-bond donors (Lipinski definition) is 1. The van der Waals surface area contributed by atoms with Gasteiger partial charge in [0.05, 0.1) is 17.7 Å². The highest BCUT2D eigenvalue weighted by atomic mass is 32.1. The number of nitrogens with zero attached hydrogens (tertiary/aromatic N) is 1. The summed E-state index contributed by atoms with van der Waals surface area (Å²) >= 11 is 1.49. The van der Waals surface area contributed by atoms with Crippen molar-refractivity contribution in [2.75, 3.05) is 13.7 Å². The third-order valence-corrected chi connectivity index (χ3v) is 3.05. The smallest absolute Gasteiger partial charge is 0.254 e. The third-order valence-electron chi connectivity index (χ3n) is 2.37. The summed E-state index contributed by atoms with van der Waals surface area (Å²) in [6.45, 7) is 3.62. The number of amides is 1. The van der Waals surface area contributed by atoms with Crippen LogP contribution in [0.15, 0.2) is 16.8 Å². The Morgan fingerprint density at radius 1 is 1.64 bits per heavy atom. The molecule has 4 heteroatoms. The molecule has 0 saturated carbocycles. The molecule has 78 valence electrons. The van der Waals surface area contributed by atoms with Gasteiger partial charge in [-0.05, 0) is 25.3 Å². The predicted molar refractivity (Wildman–Crippen MR) is 57.6 cm³/mol. The molecule has 0 atom stereocenters. The monoisotopic (exact) mass is 213 g/mol. The Hall–Kier alpha value is -0.870. The van der Waals surface area contributed by atoms with Crippen molar-refractivity contribution < 1.29 is 9.90 Å². The average Bonchev–Trinajstić information content (AvgIpc) is 2.68. The Kier molecular flexibility index (Phi) is 3.29. The van der Waals surface area contributed by atoms with Crippen LogP contribution in [0.25, 0.3) is 0 Å². The molecule has 14 heavy (non-hydrogen) atoms. The summed E-state index contributed by atoms with van der Waals surface area (Å²) in [5, 5.41) is 12.8. The number of rotatable bonds is 3. The molecular formula is C10H15NO2S. The zero-order valence-electron chi connectivity index (χ0n) is 8.65. The minimum Gasteiger partial charge on any atom is -0.394 e. The molecule has 1 N–H and O–H groups in total. The predicted octanol–water partition coefficient (Wildman–Crippen LogP) is 1.59. The van der Waals surface area contributed by atoms with Gasteiger partial charge in [0.25, 0.3) is 5.91 Å². The van der Waals surface area contributed by atoms with E-state index in [2.05, 4.69) is 0 Å². The largest absolute Gasteiger partial charge is 0.394 e. The van der Waals surface area contributed by atoms with Crippen LogP contribution in [0, 0.1) is 0 Å². The van der Waals surface area contributed by atoms with Crippen molar-refractivity contribution in [3.8, 4) is 0 Å². The second-order valence-electron chi connectivity index (χ2n) is 3.85. The van der Waals surface area contributed by atoms with E-state index in [9.17, 15) is 4.79 Å². The van der Waals surface area contributed by atoms with Gasteiger partial charge in [0, 0.05) is 12.4 Å². The molecule has 1 aromatic rings. The van der Waals surface area contributed by atoms with Crippen LogP contribution in [0.5, 0.6) is 0 Å². The van der Waals surface area contributed by atoms with E-state index in [-0.39, 0.29) is 12.5 Å². The second kappa shape index (κ2) is 4.11. The van der Waals surface area contributed by atoms with Crippen molar-refractivity contribution in [1.29, 1.82) is 0 Å². The topological polar surface area (TPSA) is 40.5 Å². The van der Waals surface area contributed by atoms with Gasteiger partial charge < -0.3 is 10.0 Å². The van der Waals surface area contributed by atoms with Crippen molar-refractivity contribution in [3.05, 3.63) is 22.4 Å². The quantitative estimate of drug-likeness (QED) is 0.828. The first-order valence-corrected chi connectivity index (χ1v) is 5.34. The number of aliphatic hydroxyl groups excluding tert-OH is 1. The summed E-state index contributed by atoms with van der Waals surface area (Å²) in [6.07, 6.45) is 0. The van der Waals surface area contributed by atoms with Gasteiger partial charge in [0.2, 0.25) is 0 Å². The Bertz CT molecular complexity index is 306. The Morgan fingerprint density at radius 3 is 2.71 bits per heavy atom. The van der Waals surface area contributed by atoms with Gasteiger partial charge in [0.15, 0.2) is 0 Å². The molecule has 0 aliphatic heterocycles. The van der Waals surface area contributed by atoms with Crippen LogP contribution in [0.1, 0.15) is 24.2 Å². The van der Waals surface area contributed by atoms with Crippen LogP contribution in [-0.4, -0.2) is 35.1 Å². The van der Waals surface area contributed by atoms with Crippen LogP contribution >= 0.6 is 11.3 Å². The van der Waals surface area contributed by atoms with E-state index < -0.39 is 5.54 Å². The molecule has 1 heterocycles. The maximum Gasteiger partial charge on any atom is 0.254 e. The van der Waals surface area contributed by atoms with Crippen molar-refractivity contribution in [2.45, 2.75) is 19.4 Å². The standard InChI is InChI=1S/C10H15NO2S/c1-10(2,7-12)11(3)9(13)8-4-5-14-6-8/h4-6,12H,7H2,1-3H3. The van der Waals surface area contributed by atoms with E-state index in [0.717, 1.165) is 0 Å². The van der Waals surface area contributed by atoms with Crippen molar-refractivity contribution in [3.63, 3.8) is 0 Å². The summed E-state index contributed by atoms with van der Waals surface area (Å²) in [7, 11) is 1.70. The number of carbonyl (C=O) groups is 1. The first-order chi connectivity index (χ1) is 6.49. The molecule has 1 amide bonds. The minimum atomic E-state index is -0.515. The molecule has 0 bridgehead atoms. The van der Waals surface area contributed by atoms with Gasteiger partial charge >= 0.3 is 0 Å². The number of carbonyl (C=O) groups excluding carboxylic acids is 1. The molecule has 0 aromatic carbocycles. The lowest BCUT2D eigenvalue weighted by molar-refractivity contribution is 0.0474. The van der Waals surface area contributed by atoms with Crippen molar-refractivity contribution in [1.82, 2.24) is 4.90 Å². The maximum atomic E-state index is 11.8. The average molecular weight is 213 g/mol. The number of aliphatic hydroxyl groups is 1. The highest BCUT2D eigenvalue weighted by Gasteiger charge is 2.27. The first-order valence-electron chi connectivity index (χ1n) is 4.40. The van der Waals surface area contributed by atoms with Crippen LogP contribution < -0.4 is 0 Å². The van der Waals surface area contributed by atoms with E-state index in [1.54, 1.807) is 18.0 Å². The second-order valence-corrected chi connectivity index (χ2v) is 4.63. The van der Waals surface area contributed by atoms with E-state index in [0.29, 0.717) is 5.56 Å². The zero-order valence-corrected chi connectivity index (χ0v) is 9.47. The third kappa shape index (κ3) is 2.13. The van der Waals surface area contributed by atoms with Gasteiger partial charge in [-0.3, -0.25) is 4.79 Å². The van der Waals surface area contributed by atoms with E-state index in [4.69, 9.17) is 5.11 Å². The summed E-state index contributed by atoms with van der Waals surface area (Å²) in [5.74, 6) is -0.0506. The summed E-state index contributed by atoms with van der Waals surface area (Å²) in [5.41, 5.74) is 0.165. The normalized spacial score (nSPS) is 11.4. The lowest BCUT2D eigenvalue weighted by Crippen LogP contribution is -2.47. The summed E-state index contributed by atoms with van der Waals surface area (Å²) < 4.78 is 0. The van der Waals surface area contributed by atoms with Crippen LogP contribution in [0.2, 0.25) is 0 Å². The molecule has 0 unspecified atom stereocenters. The van der Waals surface area contributed by atoms with Gasteiger partial charge in [0.1, 0.15) is 0 Å². The maximum absolute atomic E-state index is 11.8.